The van der Waals surface area contributed by atoms with Gasteiger partial charge in [0.2, 0.25) is 0 Å². The molecule has 0 amide bonds. The van der Waals surface area contributed by atoms with Crippen LogP contribution >= 0.6 is 11.8 Å². The molecule has 0 saturated heterocycles. The summed E-state index contributed by atoms with van der Waals surface area (Å²) < 4.78 is 10.2. The lowest BCUT2D eigenvalue weighted by Gasteiger charge is -2.03. The number of rotatable bonds is 4. The number of ether oxygens (including phenoxy) is 2. The van der Waals surface area contributed by atoms with Crippen LogP contribution in [-0.2, 0) is 4.74 Å². The van der Waals surface area contributed by atoms with Gasteiger partial charge in [-0.25, -0.2) is 4.99 Å². The molecule has 1 aromatic rings. The van der Waals surface area contributed by atoms with Crippen molar-refractivity contribution in [3.63, 3.8) is 0 Å². The van der Waals surface area contributed by atoms with Crippen molar-refractivity contribution in [3.05, 3.63) is 24.3 Å². The van der Waals surface area contributed by atoms with Crippen LogP contribution in [0.3, 0.4) is 0 Å². The summed E-state index contributed by atoms with van der Waals surface area (Å²) in [6, 6.07) is 7.56. The van der Waals surface area contributed by atoms with Gasteiger partial charge in [0.25, 0.3) is 6.02 Å². The van der Waals surface area contributed by atoms with E-state index in [1.165, 1.54) is 11.8 Å². The summed E-state index contributed by atoms with van der Waals surface area (Å²) in [5.74, 6) is 1.65. The van der Waals surface area contributed by atoms with E-state index in [4.69, 9.17) is 15.2 Å². The largest absolute Gasteiger partial charge is 0.497 e. The van der Waals surface area contributed by atoms with Crippen LogP contribution in [0.2, 0.25) is 0 Å². The van der Waals surface area contributed by atoms with Gasteiger partial charge in [0, 0.05) is 0 Å². The van der Waals surface area contributed by atoms with Crippen molar-refractivity contribution in [3.8, 4) is 5.75 Å². The minimum atomic E-state index is 0.135. The Morgan fingerprint density at radius 1 is 1.26 bits per heavy atom. The normalized spacial score (nSPS) is 12.4. The molecule has 0 aliphatic rings. The molecule has 0 atom stereocenters. The second-order valence-corrected chi connectivity index (χ2v) is 4.64. The van der Waals surface area contributed by atoms with Gasteiger partial charge in [0.05, 0.1) is 19.4 Å². The van der Waals surface area contributed by atoms with Gasteiger partial charge in [-0.15, -0.1) is 0 Å². The number of nitrogens with two attached hydrogens (primary N) is 1. The highest BCUT2D eigenvalue weighted by Crippen LogP contribution is 2.20. The molecule has 6 heteroatoms. The molecular weight excluding hydrogens is 262 g/mol. The van der Waals surface area contributed by atoms with Crippen LogP contribution < -0.4 is 10.5 Å². The summed E-state index contributed by atoms with van der Waals surface area (Å²) >= 11 is 1.51. The fourth-order valence-electron chi connectivity index (χ4n) is 1.26. The molecule has 5 nitrogen and oxygen atoms in total. The van der Waals surface area contributed by atoms with E-state index >= 15 is 0 Å². The van der Waals surface area contributed by atoms with Gasteiger partial charge in [-0.05, 0) is 36.9 Å². The topological polar surface area (TPSA) is 69.2 Å². The zero-order chi connectivity index (χ0) is 14.1. The number of nitrogens with zero attached hydrogens (tertiary/aromatic N) is 2. The van der Waals surface area contributed by atoms with Crippen molar-refractivity contribution in [2.45, 2.75) is 13.8 Å². The number of amidine groups is 2. The standard InChI is InChI=1S/C13H19N3O2S/c1-4-18-12(14)16-13(19-5-2)15-10-6-8-11(17-3)9-7-10/h6-9H,4-5H2,1-3H3,(H2,14,15,16). The van der Waals surface area contributed by atoms with Crippen LogP contribution in [0.4, 0.5) is 5.69 Å². The van der Waals surface area contributed by atoms with Crippen LogP contribution in [0.25, 0.3) is 0 Å². The van der Waals surface area contributed by atoms with Crippen molar-refractivity contribution >= 4 is 28.6 Å². The minimum absolute atomic E-state index is 0.135. The molecule has 2 N–H and O–H groups in total. The van der Waals surface area contributed by atoms with Crippen molar-refractivity contribution in [1.82, 2.24) is 0 Å². The third-order valence-corrected chi connectivity index (χ3v) is 2.80. The number of thioether (sulfide) groups is 1. The van der Waals surface area contributed by atoms with E-state index in [0.717, 1.165) is 17.2 Å². The lowest BCUT2D eigenvalue weighted by molar-refractivity contribution is 0.323. The second kappa shape index (κ2) is 8.42. The Morgan fingerprint density at radius 3 is 2.47 bits per heavy atom. The maximum atomic E-state index is 5.63. The molecule has 0 aliphatic carbocycles. The number of benzene rings is 1. The van der Waals surface area contributed by atoms with Crippen LogP contribution in [0.5, 0.6) is 5.75 Å². The number of aliphatic imine (C=N–C) groups is 2. The third kappa shape index (κ3) is 5.65. The third-order valence-electron chi connectivity index (χ3n) is 2.07. The molecule has 0 unspecified atom stereocenters. The van der Waals surface area contributed by atoms with E-state index in [-0.39, 0.29) is 6.02 Å². The van der Waals surface area contributed by atoms with E-state index < -0.39 is 0 Å². The average Bonchev–Trinajstić information content (AvgIpc) is 2.40. The Kier molecular flexibility index (Phi) is 6.81. The zero-order valence-electron chi connectivity index (χ0n) is 11.4. The minimum Gasteiger partial charge on any atom is -0.497 e. The molecule has 0 bridgehead atoms. The van der Waals surface area contributed by atoms with Gasteiger partial charge in [-0.2, -0.15) is 4.99 Å². The summed E-state index contributed by atoms with van der Waals surface area (Å²) in [5.41, 5.74) is 6.42. The Labute approximate surface area is 117 Å². The van der Waals surface area contributed by atoms with Crippen molar-refractivity contribution in [1.29, 1.82) is 0 Å². The first-order valence-corrected chi connectivity index (χ1v) is 7.00. The van der Waals surface area contributed by atoms with Crippen LogP contribution in [-0.4, -0.2) is 30.7 Å². The van der Waals surface area contributed by atoms with E-state index in [9.17, 15) is 0 Å². The van der Waals surface area contributed by atoms with Gasteiger partial charge >= 0.3 is 0 Å². The van der Waals surface area contributed by atoms with Crippen molar-refractivity contribution in [2.24, 2.45) is 15.7 Å². The molecule has 0 spiro atoms. The maximum absolute atomic E-state index is 5.63. The average molecular weight is 281 g/mol. The summed E-state index contributed by atoms with van der Waals surface area (Å²) in [6.07, 6.45) is 0. The lowest BCUT2D eigenvalue weighted by Crippen LogP contribution is -2.17. The predicted molar refractivity (Wildman–Crippen MR) is 81.5 cm³/mol. The Bertz CT molecular complexity index is 444. The molecule has 0 fully saturated rings. The van der Waals surface area contributed by atoms with Gasteiger partial charge in [0.15, 0.2) is 5.17 Å². The first-order valence-electron chi connectivity index (χ1n) is 6.02. The molecule has 0 aromatic heterocycles. The molecule has 1 rings (SSSR count). The van der Waals surface area contributed by atoms with Gasteiger partial charge in [-0.3, -0.25) is 0 Å². The van der Waals surface area contributed by atoms with Crippen LogP contribution in [0.15, 0.2) is 34.3 Å². The lowest BCUT2D eigenvalue weighted by atomic mass is 10.3. The highest BCUT2D eigenvalue weighted by molar-refractivity contribution is 8.13. The summed E-state index contributed by atoms with van der Waals surface area (Å²) in [6.45, 7) is 4.37. The quantitative estimate of drug-likeness (QED) is 0.680. The molecule has 19 heavy (non-hydrogen) atoms. The monoisotopic (exact) mass is 281 g/mol. The number of hydrogen-bond acceptors (Lipinski definition) is 4. The first-order chi connectivity index (χ1) is 9.19. The highest BCUT2D eigenvalue weighted by Gasteiger charge is 2.01. The molecule has 1 aromatic carbocycles. The Balaban J connectivity index is 2.89. The smallest absolute Gasteiger partial charge is 0.289 e. The van der Waals surface area contributed by atoms with Crippen molar-refractivity contribution < 1.29 is 9.47 Å². The molecule has 0 radical (unpaired) electrons. The number of hydrogen-bond donors (Lipinski definition) is 1. The molecule has 0 saturated carbocycles. The summed E-state index contributed by atoms with van der Waals surface area (Å²) in [4.78, 5) is 8.57. The zero-order valence-corrected chi connectivity index (χ0v) is 12.2. The fraction of sp³-hybridized carbons (Fsp3) is 0.385. The predicted octanol–water partition coefficient (Wildman–Crippen LogP) is 2.79. The summed E-state index contributed by atoms with van der Waals surface area (Å²) in [5, 5.41) is 0.582. The SMILES string of the molecule is CCO/C(N)=N/C(=Nc1ccc(OC)cc1)SCC. The van der Waals surface area contributed by atoms with Crippen LogP contribution in [0.1, 0.15) is 13.8 Å². The van der Waals surface area contributed by atoms with E-state index in [1.807, 2.05) is 38.1 Å². The van der Waals surface area contributed by atoms with E-state index in [1.54, 1.807) is 7.11 Å². The maximum Gasteiger partial charge on any atom is 0.289 e. The van der Waals surface area contributed by atoms with Gasteiger partial charge in [-0.1, -0.05) is 18.7 Å². The summed E-state index contributed by atoms with van der Waals surface area (Å²) in [7, 11) is 1.63. The van der Waals surface area contributed by atoms with Gasteiger partial charge < -0.3 is 15.2 Å². The molecular formula is C13H19N3O2S. The highest BCUT2D eigenvalue weighted by atomic mass is 32.2. The van der Waals surface area contributed by atoms with Gasteiger partial charge in [0.1, 0.15) is 5.75 Å². The number of methoxy groups -OCH3 is 1. The van der Waals surface area contributed by atoms with Crippen LogP contribution in [0, 0.1) is 0 Å². The molecule has 104 valence electrons. The molecule has 0 heterocycles. The first kappa shape index (κ1) is 15.4. The van der Waals surface area contributed by atoms with E-state index in [2.05, 4.69) is 9.98 Å². The second-order valence-electron chi connectivity index (χ2n) is 3.41. The fourth-order valence-corrected chi connectivity index (χ4v) is 1.84. The Hall–Kier alpha value is -1.69. The van der Waals surface area contributed by atoms with E-state index in [0.29, 0.717) is 11.8 Å². The molecule has 0 aliphatic heterocycles. The van der Waals surface area contributed by atoms with Crippen molar-refractivity contribution in [2.75, 3.05) is 19.5 Å². The Morgan fingerprint density at radius 2 is 1.95 bits per heavy atom.